The molecule has 6 heteroatoms. The van der Waals surface area contributed by atoms with Gasteiger partial charge < -0.3 is 14.9 Å². The van der Waals surface area contributed by atoms with E-state index in [4.69, 9.17) is 9.63 Å². The molecule has 22 heavy (non-hydrogen) atoms. The Morgan fingerprint density at radius 3 is 2.86 bits per heavy atom. The molecule has 1 aromatic heterocycles. The molecule has 2 N–H and O–H groups in total. The van der Waals surface area contributed by atoms with Crippen LogP contribution in [0.15, 0.2) is 34.9 Å². The minimum Gasteiger partial charge on any atom is -0.481 e. The van der Waals surface area contributed by atoms with Crippen LogP contribution in [-0.4, -0.2) is 22.1 Å². The molecule has 1 heterocycles. The van der Waals surface area contributed by atoms with Crippen LogP contribution in [0, 0.1) is 0 Å². The Balaban J connectivity index is 1.64. The summed E-state index contributed by atoms with van der Waals surface area (Å²) in [7, 11) is 0. The van der Waals surface area contributed by atoms with Gasteiger partial charge in [-0.15, -0.1) is 0 Å². The predicted molar refractivity (Wildman–Crippen MR) is 78.8 cm³/mol. The second kappa shape index (κ2) is 6.01. The SMILES string of the molecule is O=C(O)CCc1cccc(NC(=O)c2cc(C3CC3)on2)c1. The van der Waals surface area contributed by atoms with Gasteiger partial charge in [-0.3, -0.25) is 9.59 Å². The van der Waals surface area contributed by atoms with Crippen LogP contribution in [0.2, 0.25) is 0 Å². The minimum atomic E-state index is -0.843. The van der Waals surface area contributed by atoms with Gasteiger partial charge in [-0.1, -0.05) is 17.3 Å². The number of amides is 1. The number of aliphatic carboxylic acids is 1. The zero-order valence-corrected chi connectivity index (χ0v) is 11.9. The van der Waals surface area contributed by atoms with Crippen LogP contribution in [0.5, 0.6) is 0 Å². The summed E-state index contributed by atoms with van der Waals surface area (Å²) in [4.78, 5) is 22.7. The molecule has 0 unspecified atom stereocenters. The highest BCUT2D eigenvalue weighted by atomic mass is 16.5. The molecular formula is C16H16N2O4. The maximum absolute atomic E-state index is 12.1. The van der Waals surface area contributed by atoms with Crippen molar-refractivity contribution in [2.75, 3.05) is 5.32 Å². The van der Waals surface area contributed by atoms with Gasteiger partial charge >= 0.3 is 5.97 Å². The fourth-order valence-electron chi connectivity index (χ4n) is 2.21. The second-order valence-corrected chi connectivity index (χ2v) is 5.44. The van der Waals surface area contributed by atoms with Crippen molar-refractivity contribution in [1.29, 1.82) is 0 Å². The van der Waals surface area contributed by atoms with Crippen LogP contribution in [0.1, 0.15) is 47.0 Å². The third kappa shape index (κ3) is 3.52. The average molecular weight is 300 g/mol. The zero-order chi connectivity index (χ0) is 15.5. The first-order valence-electron chi connectivity index (χ1n) is 7.20. The average Bonchev–Trinajstić information content (AvgIpc) is 3.22. The van der Waals surface area contributed by atoms with Crippen molar-refractivity contribution in [2.24, 2.45) is 0 Å². The molecule has 1 fully saturated rings. The van der Waals surface area contributed by atoms with Gasteiger partial charge in [0.2, 0.25) is 0 Å². The van der Waals surface area contributed by atoms with Crippen molar-refractivity contribution >= 4 is 17.6 Å². The number of nitrogens with zero attached hydrogens (tertiary/aromatic N) is 1. The summed E-state index contributed by atoms with van der Waals surface area (Å²) >= 11 is 0. The molecule has 1 aliphatic rings. The normalized spacial score (nSPS) is 13.8. The van der Waals surface area contributed by atoms with Crippen molar-refractivity contribution < 1.29 is 19.2 Å². The van der Waals surface area contributed by atoms with Gasteiger partial charge in [0.25, 0.3) is 5.91 Å². The summed E-state index contributed by atoms with van der Waals surface area (Å²) in [5, 5.41) is 15.2. The summed E-state index contributed by atoms with van der Waals surface area (Å²) < 4.78 is 5.16. The van der Waals surface area contributed by atoms with Crippen LogP contribution >= 0.6 is 0 Å². The van der Waals surface area contributed by atoms with Crippen LogP contribution < -0.4 is 5.32 Å². The van der Waals surface area contributed by atoms with Gasteiger partial charge in [-0.2, -0.15) is 0 Å². The smallest absolute Gasteiger partial charge is 0.303 e. The first-order valence-corrected chi connectivity index (χ1v) is 7.20. The first-order chi connectivity index (χ1) is 10.6. The molecule has 0 bridgehead atoms. The van der Waals surface area contributed by atoms with Crippen LogP contribution in [0.4, 0.5) is 5.69 Å². The number of rotatable bonds is 6. The number of nitrogens with one attached hydrogen (secondary N) is 1. The molecule has 1 amide bonds. The molecule has 1 aromatic carbocycles. The van der Waals surface area contributed by atoms with E-state index in [0.29, 0.717) is 18.0 Å². The van der Waals surface area contributed by atoms with E-state index in [1.807, 2.05) is 6.07 Å². The topological polar surface area (TPSA) is 92.4 Å². The lowest BCUT2D eigenvalue weighted by Crippen LogP contribution is -2.12. The van der Waals surface area contributed by atoms with E-state index in [9.17, 15) is 9.59 Å². The lowest BCUT2D eigenvalue weighted by molar-refractivity contribution is -0.136. The van der Waals surface area contributed by atoms with Crippen molar-refractivity contribution in [3.05, 3.63) is 47.3 Å². The Kier molecular flexibility index (Phi) is 3.91. The van der Waals surface area contributed by atoms with E-state index in [-0.39, 0.29) is 18.0 Å². The summed E-state index contributed by atoms with van der Waals surface area (Å²) in [5.74, 6) is 0.00410. The highest BCUT2D eigenvalue weighted by molar-refractivity contribution is 6.02. The number of carboxylic acids is 1. The van der Waals surface area contributed by atoms with E-state index in [0.717, 1.165) is 24.2 Å². The largest absolute Gasteiger partial charge is 0.481 e. The molecule has 0 radical (unpaired) electrons. The second-order valence-electron chi connectivity index (χ2n) is 5.44. The molecule has 0 saturated heterocycles. The fourth-order valence-corrected chi connectivity index (χ4v) is 2.21. The van der Waals surface area contributed by atoms with E-state index in [2.05, 4.69) is 10.5 Å². The summed E-state index contributed by atoms with van der Waals surface area (Å²) in [6.07, 6.45) is 2.66. The molecule has 0 aliphatic heterocycles. The molecule has 2 aromatic rings. The number of carboxylic acid groups (broad SMARTS) is 1. The third-order valence-electron chi connectivity index (χ3n) is 3.55. The Bertz CT molecular complexity index is 704. The number of aromatic nitrogens is 1. The monoisotopic (exact) mass is 300 g/mol. The molecule has 3 rings (SSSR count). The highest BCUT2D eigenvalue weighted by Gasteiger charge is 2.28. The fraction of sp³-hybridized carbons (Fsp3) is 0.312. The quantitative estimate of drug-likeness (QED) is 0.855. The maximum atomic E-state index is 12.1. The number of hydrogen-bond acceptors (Lipinski definition) is 4. The lowest BCUT2D eigenvalue weighted by Gasteiger charge is -2.05. The third-order valence-corrected chi connectivity index (χ3v) is 3.55. The Morgan fingerprint density at radius 2 is 2.14 bits per heavy atom. The number of anilines is 1. The zero-order valence-electron chi connectivity index (χ0n) is 11.9. The number of hydrogen-bond donors (Lipinski definition) is 2. The Morgan fingerprint density at radius 1 is 1.32 bits per heavy atom. The number of aryl methyl sites for hydroxylation is 1. The summed E-state index contributed by atoms with van der Waals surface area (Å²) in [6.45, 7) is 0. The Hall–Kier alpha value is -2.63. The van der Waals surface area contributed by atoms with E-state index >= 15 is 0 Å². The first kappa shape index (κ1) is 14.3. The highest BCUT2D eigenvalue weighted by Crippen LogP contribution is 2.40. The van der Waals surface area contributed by atoms with Crippen molar-refractivity contribution in [3.63, 3.8) is 0 Å². The van der Waals surface area contributed by atoms with E-state index in [1.165, 1.54) is 0 Å². The van der Waals surface area contributed by atoms with E-state index in [1.54, 1.807) is 24.3 Å². The number of carbonyl (C=O) groups excluding carboxylic acids is 1. The van der Waals surface area contributed by atoms with Gasteiger partial charge in [-0.05, 0) is 37.0 Å². The molecule has 114 valence electrons. The predicted octanol–water partition coefficient (Wildman–Crippen LogP) is 2.82. The van der Waals surface area contributed by atoms with Gasteiger partial charge in [-0.25, -0.2) is 0 Å². The van der Waals surface area contributed by atoms with E-state index < -0.39 is 5.97 Å². The van der Waals surface area contributed by atoms with Crippen molar-refractivity contribution in [2.45, 2.75) is 31.6 Å². The van der Waals surface area contributed by atoms with Gasteiger partial charge in [0, 0.05) is 24.1 Å². The maximum Gasteiger partial charge on any atom is 0.303 e. The molecule has 6 nitrogen and oxygen atoms in total. The van der Waals surface area contributed by atoms with Crippen molar-refractivity contribution in [3.8, 4) is 0 Å². The summed E-state index contributed by atoms with van der Waals surface area (Å²) in [6, 6.07) is 8.82. The van der Waals surface area contributed by atoms with Crippen LogP contribution in [-0.2, 0) is 11.2 Å². The van der Waals surface area contributed by atoms with Gasteiger partial charge in [0.15, 0.2) is 5.69 Å². The standard InChI is InChI=1S/C16H16N2O4/c19-15(20)7-4-10-2-1-3-12(8-10)17-16(21)13-9-14(22-18-13)11-5-6-11/h1-3,8-9,11H,4-7H2,(H,17,21)(H,19,20). The molecule has 0 atom stereocenters. The number of benzene rings is 1. The Labute approximate surface area is 127 Å². The molecule has 1 saturated carbocycles. The number of carbonyl (C=O) groups is 2. The van der Waals surface area contributed by atoms with Crippen molar-refractivity contribution in [1.82, 2.24) is 5.16 Å². The lowest BCUT2D eigenvalue weighted by atomic mass is 10.1. The van der Waals surface area contributed by atoms with Crippen LogP contribution in [0.25, 0.3) is 0 Å². The molecule has 1 aliphatic carbocycles. The van der Waals surface area contributed by atoms with Crippen LogP contribution in [0.3, 0.4) is 0 Å². The van der Waals surface area contributed by atoms with Gasteiger partial charge in [0.1, 0.15) is 5.76 Å². The summed E-state index contributed by atoms with van der Waals surface area (Å²) in [5.41, 5.74) is 1.74. The molecular weight excluding hydrogens is 284 g/mol. The molecule has 0 spiro atoms. The minimum absolute atomic E-state index is 0.0609. The van der Waals surface area contributed by atoms with Gasteiger partial charge in [0.05, 0.1) is 0 Å².